The third-order valence-electron chi connectivity index (χ3n) is 2.91. The summed E-state index contributed by atoms with van der Waals surface area (Å²) in [5, 5.41) is 8.19. The number of hydrogen-bond acceptors (Lipinski definition) is 4. The number of piperidine rings is 1. The van der Waals surface area contributed by atoms with Crippen LogP contribution in [0, 0.1) is 0 Å². The third-order valence-corrected chi connectivity index (χ3v) is 4.40. The van der Waals surface area contributed by atoms with E-state index in [2.05, 4.69) is 20.2 Å². The monoisotopic (exact) mass is 298 g/mol. The van der Waals surface area contributed by atoms with Gasteiger partial charge in [0.1, 0.15) is 10.9 Å². The van der Waals surface area contributed by atoms with Crippen LogP contribution in [-0.4, -0.2) is 43.4 Å². The van der Waals surface area contributed by atoms with Crippen molar-refractivity contribution >= 4 is 10.0 Å². The first-order valence-electron chi connectivity index (χ1n) is 5.60. The quantitative estimate of drug-likeness (QED) is 0.752. The molecule has 1 aromatic rings. The molecule has 3 N–H and O–H groups in total. The summed E-state index contributed by atoms with van der Waals surface area (Å²) in [5.74, 6) is 0. The summed E-state index contributed by atoms with van der Waals surface area (Å²) in [6, 6.07) is -2.12. The van der Waals surface area contributed by atoms with E-state index in [0.717, 1.165) is 6.20 Å². The number of hydrogen-bond donors (Lipinski definition) is 3. The van der Waals surface area contributed by atoms with Crippen LogP contribution in [0.3, 0.4) is 0 Å². The second-order valence-electron chi connectivity index (χ2n) is 4.33. The van der Waals surface area contributed by atoms with Crippen LogP contribution in [-0.2, 0) is 10.0 Å². The Kier molecular flexibility index (Phi) is 3.83. The SMILES string of the molecule is O=S(=O)(NC1CCC(C(F)(F)F)NC1)c1cn[nH]c1. The highest BCUT2D eigenvalue weighted by Crippen LogP contribution is 2.26. The van der Waals surface area contributed by atoms with Gasteiger partial charge in [0.05, 0.1) is 6.20 Å². The lowest BCUT2D eigenvalue weighted by Crippen LogP contribution is -2.54. The summed E-state index contributed by atoms with van der Waals surface area (Å²) >= 11 is 0. The van der Waals surface area contributed by atoms with Crippen molar-refractivity contribution < 1.29 is 21.6 Å². The average molecular weight is 298 g/mol. The molecule has 2 rings (SSSR count). The van der Waals surface area contributed by atoms with Crippen LogP contribution in [0.4, 0.5) is 13.2 Å². The first kappa shape index (κ1) is 14.3. The molecule has 1 aliphatic rings. The number of nitrogens with one attached hydrogen (secondary N) is 3. The highest BCUT2D eigenvalue weighted by molar-refractivity contribution is 7.89. The first-order valence-corrected chi connectivity index (χ1v) is 7.08. The zero-order chi connectivity index (χ0) is 14.1. The lowest BCUT2D eigenvalue weighted by atomic mass is 10.0. The van der Waals surface area contributed by atoms with Gasteiger partial charge >= 0.3 is 6.18 Å². The van der Waals surface area contributed by atoms with Gasteiger partial charge in [0.2, 0.25) is 10.0 Å². The van der Waals surface area contributed by atoms with Crippen molar-refractivity contribution in [2.45, 2.75) is 36.0 Å². The molecule has 0 aliphatic carbocycles. The van der Waals surface area contributed by atoms with Gasteiger partial charge in [-0.1, -0.05) is 0 Å². The van der Waals surface area contributed by atoms with E-state index < -0.39 is 28.3 Å². The summed E-state index contributed by atoms with van der Waals surface area (Å²) in [4.78, 5) is -0.0366. The molecule has 6 nitrogen and oxygen atoms in total. The number of rotatable bonds is 3. The molecule has 2 atom stereocenters. The fourth-order valence-electron chi connectivity index (χ4n) is 1.91. The van der Waals surface area contributed by atoms with E-state index >= 15 is 0 Å². The van der Waals surface area contributed by atoms with Gasteiger partial charge in [-0.05, 0) is 12.8 Å². The van der Waals surface area contributed by atoms with Crippen LogP contribution >= 0.6 is 0 Å². The summed E-state index contributed by atoms with van der Waals surface area (Å²) in [6.45, 7) is -0.0543. The molecule has 2 heterocycles. The zero-order valence-electron chi connectivity index (χ0n) is 9.74. The molecule has 0 saturated carbocycles. The largest absolute Gasteiger partial charge is 0.403 e. The van der Waals surface area contributed by atoms with Gasteiger partial charge in [-0.15, -0.1) is 0 Å². The third kappa shape index (κ3) is 3.45. The molecule has 0 spiro atoms. The molecule has 2 unspecified atom stereocenters. The minimum Gasteiger partial charge on any atom is -0.305 e. The maximum Gasteiger partial charge on any atom is 0.403 e. The molecular formula is C9H13F3N4O2S. The summed E-state index contributed by atoms with van der Waals surface area (Å²) in [7, 11) is -3.73. The molecule has 1 aliphatic heterocycles. The number of H-pyrrole nitrogens is 1. The van der Waals surface area contributed by atoms with Gasteiger partial charge in [0.15, 0.2) is 0 Å². The number of sulfonamides is 1. The lowest BCUT2D eigenvalue weighted by molar-refractivity contribution is -0.160. The van der Waals surface area contributed by atoms with Crippen molar-refractivity contribution in [3.63, 3.8) is 0 Å². The summed E-state index contributed by atoms with van der Waals surface area (Å²) in [5.41, 5.74) is 0. The molecule has 1 saturated heterocycles. The van der Waals surface area contributed by atoms with E-state index in [4.69, 9.17) is 0 Å². The molecule has 19 heavy (non-hydrogen) atoms. The number of alkyl halides is 3. The van der Waals surface area contributed by atoms with Gasteiger partial charge in [-0.3, -0.25) is 5.10 Å². The maximum absolute atomic E-state index is 12.4. The topological polar surface area (TPSA) is 86.9 Å². The van der Waals surface area contributed by atoms with E-state index in [9.17, 15) is 21.6 Å². The van der Waals surface area contributed by atoms with E-state index in [1.54, 1.807) is 0 Å². The molecule has 0 aromatic carbocycles. The van der Waals surface area contributed by atoms with Crippen LogP contribution < -0.4 is 10.0 Å². The van der Waals surface area contributed by atoms with Crippen molar-refractivity contribution in [2.24, 2.45) is 0 Å². The van der Waals surface area contributed by atoms with Crippen LogP contribution in [0.25, 0.3) is 0 Å². The highest BCUT2D eigenvalue weighted by Gasteiger charge is 2.41. The van der Waals surface area contributed by atoms with E-state index in [1.807, 2.05) is 0 Å². The van der Waals surface area contributed by atoms with Crippen molar-refractivity contribution in [3.05, 3.63) is 12.4 Å². The number of aromatic amines is 1. The number of nitrogens with zero attached hydrogens (tertiary/aromatic N) is 1. The Morgan fingerprint density at radius 1 is 1.37 bits per heavy atom. The van der Waals surface area contributed by atoms with Crippen LogP contribution in [0.1, 0.15) is 12.8 Å². The van der Waals surface area contributed by atoms with Crippen molar-refractivity contribution in [2.75, 3.05) is 6.54 Å². The number of halogens is 3. The highest BCUT2D eigenvalue weighted by atomic mass is 32.2. The normalized spacial score (nSPS) is 25.4. The minimum atomic E-state index is -4.30. The fourth-order valence-corrected chi connectivity index (χ4v) is 3.09. The van der Waals surface area contributed by atoms with Gasteiger partial charge in [-0.2, -0.15) is 18.3 Å². The molecule has 108 valence electrons. The molecule has 1 aromatic heterocycles. The molecular weight excluding hydrogens is 285 g/mol. The average Bonchev–Trinajstić information content (AvgIpc) is 2.82. The van der Waals surface area contributed by atoms with Crippen LogP contribution in [0.2, 0.25) is 0 Å². The minimum absolute atomic E-state index is 0.0366. The van der Waals surface area contributed by atoms with Crippen LogP contribution in [0.5, 0.6) is 0 Å². The Balaban J connectivity index is 1.93. The maximum atomic E-state index is 12.4. The van der Waals surface area contributed by atoms with E-state index in [-0.39, 0.29) is 24.3 Å². The van der Waals surface area contributed by atoms with E-state index in [1.165, 1.54) is 6.20 Å². The predicted molar refractivity (Wildman–Crippen MR) is 59.8 cm³/mol. The van der Waals surface area contributed by atoms with Crippen molar-refractivity contribution in [1.29, 1.82) is 0 Å². The smallest absolute Gasteiger partial charge is 0.305 e. The summed E-state index contributed by atoms with van der Waals surface area (Å²) in [6.07, 6.45) is -1.97. The molecule has 0 radical (unpaired) electrons. The van der Waals surface area contributed by atoms with Gasteiger partial charge in [0.25, 0.3) is 0 Å². The molecule has 1 fully saturated rings. The standard InChI is InChI=1S/C9H13F3N4O2S/c10-9(11,12)8-2-1-6(3-13-8)16-19(17,18)7-4-14-15-5-7/h4-6,8,13,16H,1-3H2,(H,14,15). The molecule has 10 heteroatoms. The fraction of sp³-hybridized carbons (Fsp3) is 0.667. The van der Waals surface area contributed by atoms with Gasteiger partial charge < -0.3 is 5.32 Å². The van der Waals surface area contributed by atoms with Crippen molar-refractivity contribution in [1.82, 2.24) is 20.2 Å². The zero-order valence-corrected chi connectivity index (χ0v) is 10.6. The predicted octanol–water partition coefficient (Wildman–Crippen LogP) is 0.371. The number of aromatic nitrogens is 2. The second-order valence-corrected chi connectivity index (χ2v) is 6.05. The first-order chi connectivity index (χ1) is 8.79. The second kappa shape index (κ2) is 5.10. The Labute approximate surface area is 107 Å². The lowest BCUT2D eigenvalue weighted by Gasteiger charge is -2.31. The van der Waals surface area contributed by atoms with E-state index in [0.29, 0.717) is 0 Å². The van der Waals surface area contributed by atoms with Gasteiger partial charge in [-0.25, -0.2) is 13.1 Å². The Bertz CT molecular complexity index is 506. The molecule has 0 bridgehead atoms. The summed E-state index contributed by atoms with van der Waals surface area (Å²) < 4.78 is 63.2. The van der Waals surface area contributed by atoms with Crippen molar-refractivity contribution in [3.8, 4) is 0 Å². The Hall–Kier alpha value is -1.13. The van der Waals surface area contributed by atoms with Crippen LogP contribution in [0.15, 0.2) is 17.3 Å². The molecule has 0 amide bonds. The Morgan fingerprint density at radius 3 is 2.58 bits per heavy atom. The van der Waals surface area contributed by atoms with Gasteiger partial charge in [0, 0.05) is 18.8 Å². The Morgan fingerprint density at radius 2 is 2.11 bits per heavy atom.